The van der Waals surface area contributed by atoms with Gasteiger partial charge in [-0.2, -0.15) is 0 Å². The number of para-hydroxylation sites is 1. The molecule has 0 atom stereocenters. The van der Waals surface area contributed by atoms with Crippen molar-refractivity contribution in [1.29, 1.82) is 0 Å². The minimum Gasteiger partial charge on any atom is -0.496 e. The number of hydrogen-bond acceptors (Lipinski definition) is 3. The fraction of sp³-hybridized carbons (Fsp3) is 0.286. The molecule has 4 rings (SSSR count). The molecule has 1 aliphatic heterocycles. The van der Waals surface area contributed by atoms with Crippen LogP contribution in [0, 0.1) is 6.92 Å². The van der Waals surface area contributed by atoms with E-state index in [1.54, 1.807) is 26.4 Å². The highest BCUT2D eigenvalue weighted by atomic mass is 16.5. The molecule has 0 unspecified atom stereocenters. The summed E-state index contributed by atoms with van der Waals surface area (Å²) in [6.07, 6.45) is 0.829. The smallest absolute Gasteiger partial charge is 0.254 e. The van der Waals surface area contributed by atoms with E-state index < -0.39 is 0 Å². The lowest BCUT2D eigenvalue weighted by atomic mass is 10.0. The number of nitrogens with one attached hydrogen (secondary N) is 1. The Morgan fingerprint density at radius 1 is 1.12 bits per heavy atom. The zero-order valence-electron chi connectivity index (χ0n) is 15.3. The number of fused-ring (bicyclic) bond motifs is 3. The van der Waals surface area contributed by atoms with E-state index in [0.29, 0.717) is 30.2 Å². The molecule has 0 fully saturated rings. The van der Waals surface area contributed by atoms with Gasteiger partial charge in [0.2, 0.25) is 0 Å². The van der Waals surface area contributed by atoms with E-state index in [9.17, 15) is 4.79 Å². The number of carbonyl (C=O) groups is 1. The number of ether oxygens (including phenoxy) is 2. The molecule has 134 valence electrons. The predicted octanol–water partition coefficient (Wildman–Crippen LogP) is 3.69. The molecular formula is C21H22N2O3. The van der Waals surface area contributed by atoms with Crippen LogP contribution in [0.25, 0.3) is 10.9 Å². The van der Waals surface area contributed by atoms with Gasteiger partial charge in [-0.25, -0.2) is 0 Å². The summed E-state index contributed by atoms with van der Waals surface area (Å²) in [7, 11) is 3.21. The third-order valence-corrected chi connectivity index (χ3v) is 5.17. The van der Waals surface area contributed by atoms with Gasteiger partial charge in [-0.1, -0.05) is 18.2 Å². The largest absolute Gasteiger partial charge is 0.496 e. The zero-order chi connectivity index (χ0) is 18.3. The Morgan fingerprint density at radius 2 is 1.81 bits per heavy atom. The van der Waals surface area contributed by atoms with E-state index in [1.807, 2.05) is 24.0 Å². The molecule has 2 heterocycles. The summed E-state index contributed by atoms with van der Waals surface area (Å²) in [6, 6.07) is 11.8. The van der Waals surface area contributed by atoms with Crippen molar-refractivity contribution < 1.29 is 14.3 Å². The van der Waals surface area contributed by atoms with E-state index in [1.165, 1.54) is 16.6 Å². The number of amides is 1. The highest BCUT2D eigenvalue weighted by Gasteiger charge is 2.25. The normalized spacial score (nSPS) is 13.6. The molecule has 0 saturated heterocycles. The van der Waals surface area contributed by atoms with Crippen molar-refractivity contribution in [3.8, 4) is 11.5 Å². The van der Waals surface area contributed by atoms with Crippen LogP contribution in [-0.2, 0) is 13.0 Å². The van der Waals surface area contributed by atoms with Gasteiger partial charge in [-0.05, 0) is 25.1 Å². The molecular weight excluding hydrogens is 328 g/mol. The molecule has 0 saturated carbocycles. The summed E-state index contributed by atoms with van der Waals surface area (Å²) in [5.74, 6) is 1.33. The summed E-state index contributed by atoms with van der Waals surface area (Å²) in [4.78, 5) is 18.5. The van der Waals surface area contributed by atoms with Crippen LogP contribution in [0.2, 0.25) is 0 Å². The van der Waals surface area contributed by atoms with Crippen molar-refractivity contribution in [2.45, 2.75) is 19.9 Å². The fourth-order valence-corrected chi connectivity index (χ4v) is 3.73. The first kappa shape index (κ1) is 16.5. The van der Waals surface area contributed by atoms with Crippen molar-refractivity contribution in [3.63, 3.8) is 0 Å². The van der Waals surface area contributed by atoms with Gasteiger partial charge in [0.15, 0.2) is 0 Å². The molecule has 1 aliphatic rings. The number of hydrogen-bond donors (Lipinski definition) is 1. The number of H-pyrrole nitrogens is 1. The van der Waals surface area contributed by atoms with Gasteiger partial charge in [-0.3, -0.25) is 4.79 Å². The Kier molecular flexibility index (Phi) is 4.07. The van der Waals surface area contributed by atoms with Gasteiger partial charge in [0.05, 0.1) is 14.2 Å². The SMILES string of the molecule is COc1cc(C(=O)N2CCc3[nH]c4ccccc4c3C2)cc(OC)c1C. The van der Waals surface area contributed by atoms with Crippen LogP contribution >= 0.6 is 0 Å². The summed E-state index contributed by atoms with van der Waals surface area (Å²) in [5.41, 5.74) is 5.06. The fourth-order valence-electron chi connectivity index (χ4n) is 3.73. The molecule has 1 aromatic heterocycles. The van der Waals surface area contributed by atoms with E-state index in [-0.39, 0.29) is 5.91 Å². The number of aromatic nitrogens is 1. The minimum atomic E-state index is -0.00229. The van der Waals surface area contributed by atoms with Crippen LogP contribution in [0.1, 0.15) is 27.2 Å². The zero-order valence-corrected chi connectivity index (χ0v) is 15.3. The number of aromatic amines is 1. The van der Waals surface area contributed by atoms with E-state index in [2.05, 4.69) is 17.1 Å². The molecule has 26 heavy (non-hydrogen) atoms. The average molecular weight is 350 g/mol. The maximum absolute atomic E-state index is 13.1. The molecule has 2 aromatic carbocycles. The van der Waals surface area contributed by atoms with Crippen LogP contribution < -0.4 is 9.47 Å². The van der Waals surface area contributed by atoms with Gasteiger partial charge < -0.3 is 19.4 Å². The summed E-state index contributed by atoms with van der Waals surface area (Å²) < 4.78 is 10.8. The van der Waals surface area contributed by atoms with Crippen LogP contribution in [0.5, 0.6) is 11.5 Å². The molecule has 5 heteroatoms. The Balaban J connectivity index is 1.68. The van der Waals surface area contributed by atoms with Gasteiger partial charge in [0, 0.05) is 52.8 Å². The molecule has 0 aliphatic carbocycles. The second-order valence-corrected chi connectivity index (χ2v) is 6.61. The molecule has 3 aromatic rings. The predicted molar refractivity (Wildman–Crippen MR) is 101 cm³/mol. The Morgan fingerprint density at radius 3 is 2.50 bits per heavy atom. The lowest BCUT2D eigenvalue weighted by Crippen LogP contribution is -2.35. The third-order valence-electron chi connectivity index (χ3n) is 5.17. The average Bonchev–Trinajstić information content (AvgIpc) is 3.05. The summed E-state index contributed by atoms with van der Waals surface area (Å²) in [6.45, 7) is 3.22. The number of benzene rings is 2. The quantitative estimate of drug-likeness (QED) is 0.784. The topological polar surface area (TPSA) is 54.6 Å². The molecule has 1 N–H and O–H groups in total. The first-order valence-corrected chi connectivity index (χ1v) is 8.72. The van der Waals surface area contributed by atoms with Crippen LogP contribution in [0.4, 0.5) is 0 Å². The Hall–Kier alpha value is -2.95. The maximum atomic E-state index is 13.1. The number of methoxy groups -OCH3 is 2. The lowest BCUT2D eigenvalue weighted by Gasteiger charge is -2.28. The molecule has 0 bridgehead atoms. The Labute approximate surface area is 152 Å². The standard InChI is InChI=1S/C21H22N2O3/c1-13-19(25-2)10-14(11-20(13)26-3)21(24)23-9-8-18-16(12-23)15-6-4-5-7-17(15)22-18/h4-7,10-11,22H,8-9,12H2,1-3H3. The molecule has 1 amide bonds. The van der Waals surface area contributed by atoms with Gasteiger partial charge in [0.25, 0.3) is 5.91 Å². The van der Waals surface area contributed by atoms with Crippen molar-refractivity contribution in [2.75, 3.05) is 20.8 Å². The van der Waals surface area contributed by atoms with E-state index in [0.717, 1.165) is 17.5 Å². The van der Waals surface area contributed by atoms with E-state index in [4.69, 9.17) is 9.47 Å². The highest BCUT2D eigenvalue weighted by molar-refractivity contribution is 5.96. The monoisotopic (exact) mass is 350 g/mol. The maximum Gasteiger partial charge on any atom is 0.254 e. The second kappa shape index (κ2) is 6.41. The number of rotatable bonds is 3. The first-order chi connectivity index (χ1) is 12.6. The van der Waals surface area contributed by atoms with Gasteiger partial charge in [0.1, 0.15) is 11.5 Å². The van der Waals surface area contributed by atoms with Crippen molar-refractivity contribution in [1.82, 2.24) is 9.88 Å². The van der Waals surface area contributed by atoms with Gasteiger partial charge in [-0.15, -0.1) is 0 Å². The lowest BCUT2D eigenvalue weighted by molar-refractivity contribution is 0.0734. The van der Waals surface area contributed by atoms with Crippen LogP contribution in [0.3, 0.4) is 0 Å². The van der Waals surface area contributed by atoms with Crippen molar-refractivity contribution in [3.05, 3.63) is 58.8 Å². The summed E-state index contributed by atoms with van der Waals surface area (Å²) in [5, 5.41) is 1.19. The second-order valence-electron chi connectivity index (χ2n) is 6.61. The van der Waals surface area contributed by atoms with E-state index >= 15 is 0 Å². The van der Waals surface area contributed by atoms with Crippen LogP contribution in [0.15, 0.2) is 36.4 Å². The van der Waals surface area contributed by atoms with Crippen molar-refractivity contribution >= 4 is 16.8 Å². The number of nitrogens with zero attached hydrogens (tertiary/aromatic N) is 1. The number of carbonyl (C=O) groups excluding carboxylic acids is 1. The third kappa shape index (κ3) is 2.60. The molecule has 0 spiro atoms. The van der Waals surface area contributed by atoms with Crippen LogP contribution in [-0.4, -0.2) is 36.6 Å². The molecule has 0 radical (unpaired) electrons. The van der Waals surface area contributed by atoms with Crippen molar-refractivity contribution in [2.24, 2.45) is 0 Å². The minimum absolute atomic E-state index is 0.00229. The Bertz CT molecular complexity index is 965. The molecule has 5 nitrogen and oxygen atoms in total. The van der Waals surface area contributed by atoms with Gasteiger partial charge >= 0.3 is 0 Å². The highest BCUT2D eigenvalue weighted by Crippen LogP contribution is 2.32. The summed E-state index contributed by atoms with van der Waals surface area (Å²) >= 11 is 0. The first-order valence-electron chi connectivity index (χ1n) is 8.72.